The summed E-state index contributed by atoms with van der Waals surface area (Å²) in [6, 6.07) is 7.88. The molecule has 1 aliphatic heterocycles. The van der Waals surface area contributed by atoms with Gasteiger partial charge in [0.2, 0.25) is 5.95 Å². The van der Waals surface area contributed by atoms with Crippen LogP contribution in [0.15, 0.2) is 48.0 Å². The third-order valence-electron chi connectivity index (χ3n) is 6.84. The molecule has 3 amide bonds. The molecule has 0 radical (unpaired) electrons. The number of para-hydroxylation sites is 1. The number of aromatic nitrogens is 3. The average molecular weight is 693 g/mol. The van der Waals surface area contributed by atoms with Crippen LogP contribution >= 0.6 is 11.3 Å². The molecule has 0 aliphatic carbocycles. The predicted molar refractivity (Wildman–Crippen MR) is 169 cm³/mol. The zero-order valence-corrected chi connectivity index (χ0v) is 26.7. The topological polar surface area (TPSA) is 144 Å². The van der Waals surface area contributed by atoms with Gasteiger partial charge in [0, 0.05) is 48.4 Å². The summed E-state index contributed by atoms with van der Waals surface area (Å²) in [6.07, 6.45) is -3.49. The first-order valence-electron chi connectivity index (χ1n) is 14.0. The number of aliphatic carboxylic acids is 1. The molecule has 3 N–H and O–H groups in total. The smallest absolute Gasteiger partial charge is 0.475 e. The van der Waals surface area contributed by atoms with Gasteiger partial charge in [0.05, 0.1) is 12.2 Å². The average Bonchev–Trinajstić information content (AvgIpc) is 3.53. The van der Waals surface area contributed by atoms with Gasteiger partial charge in [-0.25, -0.2) is 33.2 Å². The molecule has 12 nitrogen and oxygen atoms in total. The Kier molecular flexibility index (Phi) is 10.9. The van der Waals surface area contributed by atoms with E-state index in [0.717, 1.165) is 22.6 Å². The zero-order valence-electron chi connectivity index (χ0n) is 25.9. The van der Waals surface area contributed by atoms with Gasteiger partial charge in [-0.2, -0.15) is 18.2 Å². The van der Waals surface area contributed by atoms with Crippen LogP contribution in [0.25, 0.3) is 11.3 Å². The Morgan fingerprint density at radius 3 is 2.33 bits per heavy atom. The van der Waals surface area contributed by atoms with E-state index in [4.69, 9.17) is 14.9 Å². The van der Waals surface area contributed by atoms with Gasteiger partial charge in [-0.3, -0.25) is 10.1 Å². The maximum Gasteiger partial charge on any atom is 0.490 e. The van der Waals surface area contributed by atoms with E-state index in [1.54, 1.807) is 41.7 Å². The summed E-state index contributed by atoms with van der Waals surface area (Å²) in [6.45, 7) is 3.12. The number of alkyl halides is 3. The Hall–Kier alpha value is -5.23. The highest BCUT2D eigenvalue weighted by Gasteiger charge is 2.38. The van der Waals surface area contributed by atoms with Gasteiger partial charge in [-0.05, 0) is 50.8 Å². The van der Waals surface area contributed by atoms with E-state index in [1.807, 2.05) is 25.9 Å². The number of rotatable bonds is 8. The second-order valence-electron chi connectivity index (χ2n) is 10.6. The Morgan fingerprint density at radius 2 is 1.75 bits per heavy atom. The number of amides is 3. The largest absolute Gasteiger partial charge is 0.490 e. The minimum atomic E-state index is -5.08. The van der Waals surface area contributed by atoms with E-state index in [9.17, 15) is 31.5 Å². The van der Waals surface area contributed by atoms with Gasteiger partial charge >= 0.3 is 18.2 Å². The maximum absolute atomic E-state index is 15.0. The summed E-state index contributed by atoms with van der Waals surface area (Å²) in [5.41, 5.74) is 2.14. The minimum Gasteiger partial charge on any atom is -0.475 e. The maximum atomic E-state index is 15.0. The highest BCUT2D eigenvalue weighted by atomic mass is 32.1. The van der Waals surface area contributed by atoms with Crippen LogP contribution in [0.3, 0.4) is 0 Å². The summed E-state index contributed by atoms with van der Waals surface area (Å²) >= 11 is 1.30. The van der Waals surface area contributed by atoms with E-state index in [1.165, 1.54) is 17.4 Å². The normalized spacial score (nSPS) is 12.5. The summed E-state index contributed by atoms with van der Waals surface area (Å²) < 4.78 is 61.7. The van der Waals surface area contributed by atoms with Crippen molar-refractivity contribution in [3.63, 3.8) is 0 Å². The molecule has 18 heteroatoms. The third-order valence-corrected chi connectivity index (χ3v) is 7.53. The number of nitrogens with one attached hydrogen (secondary N) is 2. The van der Waals surface area contributed by atoms with Crippen LogP contribution in [-0.4, -0.2) is 83.3 Å². The molecule has 0 atom stereocenters. The molecule has 0 unspecified atom stereocenters. The minimum absolute atomic E-state index is 0.0206. The number of hydrogen-bond acceptors (Lipinski definition) is 9. The molecule has 2 aromatic carbocycles. The standard InChI is InChI=1S/C28H28F2N8O2S.C2HF3O2/c1-16-8-9-17(25(39)35-27-31-10-13-41-27)14-18(16)22-19-15-32-28(40)38(23-20(29)6-5-7-21(23)30)24(19)34-26(33-22)37(4)12-11-36(2)3;3-2(4,5)1(6)7/h5-10,13-14H,11-12,15H2,1-4H3,(H,32,40)(H,31,35,39);(H,6,7). The number of aryl methyl sites for hydroxylation is 1. The zero-order chi connectivity index (χ0) is 35.3. The number of hydrogen-bond donors (Lipinski definition) is 3. The van der Waals surface area contributed by atoms with Crippen molar-refractivity contribution in [1.82, 2.24) is 25.2 Å². The molecule has 0 spiro atoms. The molecule has 5 rings (SSSR count). The SMILES string of the molecule is Cc1ccc(C(=O)Nc2nccs2)cc1-c1nc(N(C)CCN(C)C)nc2c1CNC(=O)N2c1c(F)cccc1F.O=C(O)C(F)(F)F. The van der Waals surface area contributed by atoms with Gasteiger partial charge in [0.25, 0.3) is 5.91 Å². The van der Waals surface area contributed by atoms with Gasteiger partial charge in [-0.1, -0.05) is 12.1 Å². The number of nitrogens with zero attached hydrogens (tertiary/aromatic N) is 6. The van der Waals surface area contributed by atoms with Crippen molar-refractivity contribution in [2.24, 2.45) is 0 Å². The van der Waals surface area contributed by atoms with Crippen LogP contribution in [0.4, 0.5) is 49.3 Å². The Balaban J connectivity index is 0.000000671. The van der Waals surface area contributed by atoms with Crippen molar-refractivity contribution in [2.75, 3.05) is 49.3 Å². The number of carbonyl (C=O) groups excluding carboxylic acids is 2. The van der Waals surface area contributed by atoms with Gasteiger partial charge in [-0.15, -0.1) is 11.3 Å². The molecule has 2 aromatic heterocycles. The number of fused-ring (bicyclic) bond motifs is 1. The second kappa shape index (κ2) is 14.7. The number of halogens is 5. The molecule has 4 aromatic rings. The Morgan fingerprint density at radius 1 is 1.08 bits per heavy atom. The molecule has 0 saturated carbocycles. The fraction of sp³-hybridized carbons (Fsp3) is 0.267. The molecule has 3 heterocycles. The molecule has 0 fully saturated rings. The highest BCUT2D eigenvalue weighted by molar-refractivity contribution is 7.13. The van der Waals surface area contributed by atoms with Crippen molar-refractivity contribution in [1.29, 1.82) is 0 Å². The summed E-state index contributed by atoms with van der Waals surface area (Å²) in [5, 5.41) is 14.8. The lowest BCUT2D eigenvalue weighted by atomic mass is 9.97. The van der Waals surface area contributed by atoms with Crippen LogP contribution < -0.4 is 20.4 Å². The van der Waals surface area contributed by atoms with Crippen LogP contribution in [0.5, 0.6) is 0 Å². The number of likely N-dealkylation sites (N-methyl/N-ethyl adjacent to an activating group) is 2. The van der Waals surface area contributed by atoms with Crippen molar-refractivity contribution in [3.05, 3.63) is 76.3 Å². The fourth-order valence-electron chi connectivity index (χ4n) is 4.37. The van der Waals surface area contributed by atoms with E-state index < -0.39 is 35.5 Å². The number of anilines is 4. The molecule has 0 saturated heterocycles. The van der Waals surface area contributed by atoms with Gasteiger partial charge < -0.3 is 20.2 Å². The third kappa shape index (κ3) is 8.18. The van der Waals surface area contributed by atoms with E-state index in [2.05, 4.69) is 20.6 Å². The summed E-state index contributed by atoms with van der Waals surface area (Å²) in [5.74, 6) is -4.61. The first-order valence-corrected chi connectivity index (χ1v) is 14.9. The van der Waals surface area contributed by atoms with Crippen molar-refractivity contribution in [2.45, 2.75) is 19.6 Å². The lowest BCUT2D eigenvalue weighted by Crippen LogP contribution is -2.43. The van der Waals surface area contributed by atoms with Gasteiger partial charge in [0.15, 0.2) is 10.9 Å². The van der Waals surface area contributed by atoms with E-state index in [-0.39, 0.29) is 24.2 Å². The van der Waals surface area contributed by atoms with Crippen LogP contribution in [-0.2, 0) is 11.3 Å². The van der Waals surface area contributed by atoms with Crippen molar-refractivity contribution >= 4 is 51.8 Å². The Bertz CT molecular complexity index is 1800. The molecule has 254 valence electrons. The predicted octanol–water partition coefficient (Wildman–Crippen LogP) is 5.43. The highest BCUT2D eigenvalue weighted by Crippen LogP contribution is 2.39. The second-order valence-corrected chi connectivity index (χ2v) is 11.5. The molecule has 0 bridgehead atoms. The molecule has 1 aliphatic rings. The number of benzene rings is 2. The van der Waals surface area contributed by atoms with Crippen molar-refractivity contribution in [3.8, 4) is 11.3 Å². The van der Waals surface area contributed by atoms with Crippen molar-refractivity contribution < 1.29 is 41.4 Å². The quantitative estimate of drug-likeness (QED) is 0.206. The number of carboxylic acid groups (broad SMARTS) is 1. The Labute approximate surface area is 274 Å². The van der Waals surface area contributed by atoms with E-state index in [0.29, 0.717) is 40.6 Å². The molecule has 48 heavy (non-hydrogen) atoms. The number of carboxylic acids is 1. The summed E-state index contributed by atoms with van der Waals surface area (Å²) in [7, 11) is 5.67. The number of carbonyl (C=O) groups is 3. The lowest BCUT2D eigenvalue weighted by molar-refractivity contribution is -0.192. The first-order chi connectivity index (χ1) is 22.6. The molecular formula is C30H29F5N8O4S. The van der Waals surface area contributed by atoms with Crippen LogP contribution in [0.2, 0.25) is 0 Å². The van der Waals surface area contributed by atoms with Crippen LogP contribution in [0.1, 0.15) is 21.5 Å². The monoisotopic (exact) mass is 692 g/mol. The van der Waals surface area contributed by atoms with Crippen LogP contribution in [0, 0.1) is 18.6 Å². The number of urea groups is 1. The first kappa shape index (κ1) is 35.6. The molecular weight excluding hydrogens is 663 g/mol. The van der Waals surface area contributed by atoms with E-state index >= 15 is 0 Å². The lowest BCUT2D eigenvalue weighted by Gasteiger charge is -2.32. The number of thiazole rings is 1. The summed E-state index contributed by atoms with van der Waals surface area (Å²) in [4.78, 5) is 53.4. The fourth-order valence-corrected chi connectivity index (χ4v) is 4.90. The van der Waals surface area contributed by atoms with Gasteiger partial charge in [0.1, 0.15) is 17.3 Å².